The first-order chi connectivity index (χ1) is 16.8. The van der Waals surface area contributed by atoms with E-state index in [1.807, 2.05) is 39.0 Å². The van der Waals surface area contributed by atoms with Crippen molar-refractivity contribution in [3.05, 3.63) is 59.2 Å². The maximum atomic E-state index is 12.7. The second-order valence-corrected chi connectivity index (χ2v) is 9.92. The van der Waals surface area contributed by atoms with Gasteiger partial charge in [-0.1, -0.05) is 43.7 Å². The van der Waals surface area contributed by atoms with E-state index in [1.165, 1.54) is 24.9 Å². The number of amides is 1. The van der Waals surface area contributed by atoms with E-state index in [0.717, 1.165) is 41.4 Å². The molecule has 1 aliphatic heterocycles. The molecule has 0 aliphatic carbocycles. The summed E-state index contributed by atoms with van der Waals surface area (Å²) in [4.78, 5) is 15.2. The van der Waals surface area contributed by atoms with Crippen LogP contribution in [0.3, 0.4) is 0 Å². The van der Waals surface area contributed by atoms with Crippen LogP contribution in [0.15, 0.2) is 53.6 Å². The number of anilines is 1. The molecule has 2 aromatic carbocycles. The van der Waals surface area contributed by atoms with E-state index in [9.17, 15) is 15.2 Å². The molecule has 0 spiro atoms. The van der Waals surface area contributed by atoms with Gasteiger partial charge in [0.2, 0.25) is 0 Å². The van der Waals surface area contributed by atoms with Crippen LogP contribution in [0, 0.1) is 23.2 Å². The summed E-state index contributed by atoms with van der Waals surface area (Å²) in [6.45, 7) is 10.5. The molecule has 186 valence electrons. The van der Waals surface area contributed by atoms with Gasteiger partial charge in [0.15, 0.2) is 0 Å². The molecule has 0 bridgehead atoms. The highest BCUT2D eigenvalue weighted by Gasteiger charge is 2.19. The molecular formula is C30H39N3O2. The van der Waals surface area contributed by atoms with Gasteiger partial charge >= 0.3 is 0 Å². The summed E-state index contributed by atoms with van der Waals surface area (Å²) in [6, 6.07) is 14.6. The second kappa shape index (κ2) is 12.6. The Morgan fingerprint density at radius 1 is 1.11 bits per heavy atom. The normalized spacial score (nSPS) is 17.5. The molecule has 3 unspecified atom stereocenters. The van der Waals surface area contributed by atoms with E-state index < -0.39 is 0 Å². The lowest BCUT2D eigenvalue weighted by molar-refractivity contribution is -0.116. The third-order valence-corrected chi connectivity index (χ3v) is 7.37. The number of aliphatic hydroxyl groups is 1. The van der Waals surface area contributed by atoms with Crippen molar-refractivity contribution in [2.75, 3.05) is 24.5 Å². The Morgan fingerprint density at radius 2 is 1.80 bits per heavy atom. The molecule has 3 atom stereocenters. The van der Waals surface area contributed by atoms with Crippen molar-refractivity contribution >= 4 is 28.4 Å². The van der Waals surface area contributed by atoms with Crippen molar-refractivity contribution in [2.45, 2.75) is 59.5 Å². The number of allylic oxidation sites excluding steroid dienone is 1. The third-order valence-electron chi connectivity index (χ3n) is 7.37. The predicted octanol–water partition coefficient (Wildman–Crippen LogP) is 5.84. The summed E-state index contributed by atoms with van der Waals surface area (Å²) in [5.41, 5.74) is 3.27. The molecule has 3 rings (SSSR count). The predicted molar refractivity (Wildman–Crippen MR) is 145 cm³/mol. The van der Waals surface area contributed by atoms with Crippen LogP contribution in [-0.2, 0) is 4.79 Å². The van der Waals surface area contributed by atoms with E-state index in [0.29, 0.717) is 6.54 Å². The van der Waals surface area contributed by atoms with Crippen LogP contribution in [0.25, 0.3) is 16.8 Å². The van der Waals surface area contributed by atoms with Crippen LogP contribution in [0.1, 0.15) is 58.9 Å². The van der Waals surface area contributed by atoms with Gasteiger partial charge in [-0.05, 0) is 92.0 Å². The number of aliphatic hydroxyl groups excluding tert-OH is 1. The molecule has 5 nitrogen and oxygen atoms in total. The van der Waals surface area contributed by atoms with E-state index in [2.05, 4.69) is 47.5 Å². The molecule has 5 heteroatoms. The average molecular weight is 474 g/mol. The number of nitrogens with zero attached hydrogens (tertiary/aromatic N) is 2. The van der Waals surface area contributed by atoms with Crippen molar-refractivity contribution in [2.24, 2.45) is 11.8 Å². The van der Waals surface area contributed by atoms with Gasteiger partial charge in [-0.15, -0.1) is 0 Å². The fourth-order valence-corrected chi connectivity index (χ4v) is 4.66. The van der Waals surface area contributed by atoms with Gasteiger partial charge in [0.05, 0.1) is 6.10 Å². The number of nitriles is 1. The monoisotopic (exact) mass is 473 g/mol. The summed E-state index contributed by atoms with van der Waals surface area (Å²) >= 11 is 0. The SMILES string of the molecule is C/C=C(/CNC(=O)/C(C#N)=C/c1ccc2cc(N3CCCCC3)ccc2c1)CC(C)C(C)C(C)O. The van der Waals surface area contributed by atoms with Crippen molar-refractivity contribution in [1.29, 1.82) is 5.26 Å². The van der Waals surface area contributed by atoms with E-state index in [1.54, 1.807) is 6.08 Å². The van der Waals surface area contributed by atoms with Gasteiger partial charge in [-0.2, -0.15) is 5.26 Å². The third kappa shape index (κ3) is 7.19. The first-order valence-corrected chi connectivity index (χ1v) is 12.8. The Bertz CT molecular complexity index is 1120. The van der Waals surface area contributed by atoms with Crippen molar-refractivity contribution < 1.29 is 9.90 Å². The number of fused-ring (bicyclic) bond motifs is 1. The maximum Gasteiger partial charge on any atom is 0.262 e. The summed E-state index contributed by atoms with van der Waals surface area (Å²) in [7, 11) is 0. The minimum atomic E-state index is -0.372. The van der Waals surface area contributed by atoms with Gasteiger partial charge in [0, 0.05) is 25.3 Å². The van der Waals surface area contributed by atoms with E-state index >= 15 is 0 Å². The maximum absolute atomic E-state index is 12.7. The molecule has 2 aromatic rings. The number of carbonyl (C=O) groups excluding carboxylic acids is 1. The lowest BCUT2D eigenvalue weighted by Gasteiger charge is -2.29. The van der Waals surface area contributed by atoms with Gasteiger partial charge in [-0.25, -0.2) is 0 Å². The first kappa shape index (κ1) is 26.5. The molecular weight excluding hydrogens is 434 g/mol. The number of hydrogen-bond donors (Lipinski definition) is 2. The van der Waals surface area contributed by atoms with Gasteiger partial charge < -0.3 is 15.3 Å². The van der Waals surface area contributed by atoms with Crippen LogP contribution in [0.5, 0.6) is 0 Å². The van der Waals surface area contributed by atoms with Crippen LogP contribution < -0.4 is 10.2 Å². The molecule has 1 aliphatic rings. The highest BCUT2D eigenvalue weighted by Crippen LogP contribution is 2.26. The Morgan fingerprint density at radius 3 is 2.46 bits per heavy atom. The molecule has 2 N–H and O–H groups in total. The summed E-state index contributed by atoms with van der Waals surface area (Å²) < 4.78 is 0. The fourth-order valence-electron chi connectivity index (χ4n) is 4.66. The quantitative estimate of drug-likeness (QED) is 0.272. The van der Waals surface area contributed by atoms with Crippen molar-refractivity contribution in [3.8, 4) is 6.07 Å². The first-order valence-electron chi connectivity index (χ1n) is 12.8. The molecule has 0 radical (unpaired) electrons. The van der Waals surface area contributed by atoms with Gasteiger partial charge in [0.25, 0.3) is 5.91 Å². The second-order valence-electron chi connectivity index (χ2n) is 9.92. The number of benzene rings is 2. The molecule has 0 aromatic heterocycles. The lowest BCUT2D eigenvalue weighted by Crippen LogP contribution is -2.29. The zero-order chi connectivity index (χ0) is 25.4. The minimum Gasteiger partial charge on any atom is -0.393 e. The smallest absolute Gasteiger partial charge is 0.262 e. The number of hydrogen-bond acceptors (Lipinski definition) is 4. The Balaban J connectivity index is 1.67. The number of nitrogens with one attached hydrogen (secondary N) is 1. The summed E-state index contributed by atoms with van der Waals surface area (Å²) in [5.74, 6) is 0.0831. The molecule has 35 heavy (non-hydrogen) atoms. The summed E-state index contributed by atoms with van der Waals surface area (Å²) in [5, 5.41) is 24.6. The summed E-state index contributed by atoms with van der Waals surface area (Å²) in [6.07, 6.45) is 7.88. The van der Waals surface area contributed by atoms with Crippen LogP contribution in [0.4, 0.5) is 5.69 Å². The van der Waals surface area contributed by atoms with Crippen molar-refractivity contribution in [1.82, 2.24) is 5.32 Å². The number of carbonyl (C=O) groups is 1. The average Bonchev–Trinajstić information content (AvgIpc) is 2.88. The van der Waals surface area contributed by atoms with Gasteiger partial charge in [0.1, 0.15) is 11.6 Å². The number of rotatable bonds is 9. The minimum absolute atomic E-state index is 0.0927. The molecule has 1 saturated heterocycles. The molecule has 1 amide bonds. The number of piperidine rings is 1. The highest BCUT2D eigenvalue weighted by molar-refractivity contribution is 6.02. The zero-order valence-electron chi connectivity index (χ0n) is 21.6. The fraction of sp³-hybridized carbons (Fsp3) is 0.467. The van der Waals surface area contributed by atoms with Crippen LogP contribution in [-0.4, -0.2) is 36.8 Å². The lowest BCUT2D eigenvalue weighted by atomic mass is 9.86. The molecule has 0 saturated carbocycles. The molecule has 1 heterocycles. The Kier molecular flexibility index (Phi) is 9.51. The van der Waals surface area contributed by atoms with Crippen LogP contribution >= 0.6 is 0 Å². The van der Waals surface area contributed by atoms with Gasteiger partial charge in [-0.3, -0.25) is 4.79 Å². The Labute approximate surface area is 210 Å². The standard InChI is InChI=1S/C30H39N3O2/c1-5-24(15-21(2)22(3)23(4)34)20-32-30(35)28(19-31)17-25-9-10-27-18-29(12-11-26(27)16-25)33-13-7-6-8-14-33/h5,9-12,16-18,21-23,34H,6-8,13-15,20H2,1-4H3,(H,32,35)/b24-5+,28-17+. The van der Waals surface area contributed by atoms with Crippen molar-refractivity contribution in [3.63, 3.8) is 0 Å². The van der Waals surface area contributed by atoms with Crippen LogP contribution in [0.2, 0.25) is 0 Å². The van der Waals surface area contributed by atoms with E-state index in [4.69, 9.17) is 0 Å². The zero-order valence-corrected chi connectivity index (χ0v) is 21.6. The van der Waals surface area contributed by atoms with E-state index in [-0.39, 0.29) is 29.4 Å². The largest absolute Gasteiger partial charge is 0.393 e. The Hall–Kier alpha value is -3.10. The molecule has 1 fully saturated rings. The topological polar surface area (TPSA) is 76.4 Å². The highest BCUT2D eigenvalue weighted by atomic mass is 16.3.